The van der Waals surface area contributed by atoms with Crippen molar-refractivity contribution in [1.29, 1.82) is 0 Å². The van der Waals surface area contributed by atoms with Gasteiger partial charge in [0.1, 0.15) is 0 Å². The van der Waals surface area contributed by atoms with E-state index in [0.717, 1.165) is 64.9 Å². The van der Waals surface area contributed by atoms with Crippen LogP contribution >= 0.6 is 24.0 Å². The Bertz CT molecular complexity index is 344. The molecule has 2 fully saturated rings. The van der Waals surface area contributed by atoms with E-state index in [0.29, 0.717) is 0 Å². The van der Waals surface area contributed by atoms with Crippen molar-refractivity contribution in [2.75, 3.05) is 72.1 Å². The minimum atomic E-state index is 0. The molecule has 2 saturated heterocycles. The van der Waals surface area contributed by atoms with Crippen molar-refractivity contribution in [2.24, 2.45) is 4.99 Å². The van der Waals surface area contributed by atoms with Crippen molar-refractivity contribution in [2.45, 2.75) is 39.0 Å². The van der Waals surface area contributed by atoms with Crippen LogP contribution in [0.1, 0.15) is 39.0 Å². The monoisotopic (exact) mass is 467 g/mol. The number of unbranched alkanes of at least 4 members (excludes halogenated alkanes) is 1. The van der Waals surface area contributed by atoms with Crippen molar-refractivity contribution >= 4 is 29.9 Å². The lowest BCUT2D eigenvalue weighted by Crippen LogP contribution is -2.39. The number of aliphatic imine (C=N–C) groups is 1. The molecule has 0 aromatic carbocycles. The summed E-state index contributed by atoms with van der Waals surface area (Å²) in [6.45, 7) is 13.8. The molecule has 0 atom stereocenters. The average molecular weight is 467 g/mol. The number of hydrogen-bond donors (Lipinski definition) is 2. The van der Waals surface area contributed by atoms with E-state index in [-0.39, 0.29) is 24.0 Å². The van der Waals surface area contributed by atoms with Crippen LogP contribution in [0, 0.1) is 0 Å². The second-order valence-corrected chi connectivity index (χ2v) is 6.75. The zero-order valence-corrected chi connectivity index (χ0v) is 18.3. The molecular weight excluding hydrogens is 429 g/mol. The first-order valence-electron chi connectivity index (χ1n) is 9.93. The highest BCUT2D eigenvalue weighted by atomic mass is 127. The number of hydrogen-bond acceptors (Lipinski definition) is 4. The molecule has 2 heterocycles. The molecule has 148 valence electrons. The first-order chi connectivity index (χ1) is 11.9. The van der Waals surface area contributed by atoms with Crippen molar-refractivity contribution in [3.8, 4) is 0 Å². The molecule has 0 unspecified atom stereocenters. The molecule has 0 aromatic rings. The summed E-state index contributed by atoms with van der Waals surface area (Å²) in [4.78, 5) is 9.76. The molecule has 2 rings (SSSR count). The van der Waals surface area contributed by atoms with Gasteiger partial charge in [-0.2, -0.15) is 0 Å². The second-order valence-electron chi connectivity index (χ2n) is 6.75. The third-order valence-corrected chi connectivity index (χ3v) is 4.74. The lowest BCUT2D eigenvalue weighted by Gasteiger charge is -2.26. The highest BCUT2D eigenvalue weighted by Crippen LogP contribution is 2.07. The summed E-state index contributed by atoms with van der Waals surface area (Å²) in [6.07, 6.45) is 6.39. The molecule has 2 aliphatic heterocycles. The van der Waals surface area contributed by atoms with Crippen molar-refractivity contribution in [1.82, 2.24) is 20.4 Å². The molecule has 7 heteroatoms. The Morgan fingerprint density at radius 1 is 0.920 bits per heavy atom. The topological polar surface area (TPSA) is 52.1 Å². The van der Waals surface area contributed by atoms with Crippen molar-refractivity contribution in [3.05, 3.63) is 0 Å². The molecule has 2 aliphatic rings. The highest BCUT2D eigenvalue weighted by molar-refractivity contribution is 14.0. The quantitative estimate of drug-likeness (QED) is 0.222. The Hall–Kier alpha value is -0.120. The Balaban J connectivity index is 0.00000312. The number of likely N-dealkylation sites (tertiary alicyclic amines) is 1. The first-order valence-corrected chi connectivity index (χ1v) is 9.93. The van der Waals surface area contributed by atoms with Gasteiger partial charge < -0.3 is 20.3 Å². The van der Waals surface area contributed by atoms with Crippen LogP contribution in [-0.4, -0.2) is 87.9 Å². The maximum Gasteiger partial charge on any atom is 0.191 e. The number of ether oxygens (including phenoxy) is 1. The number of halogens is 1. The SMILES string of the molecule is CCNC(=NCCCN1CCOCC1)NCCCCN1CCCC1.I. The minimum absolute atomic E-state index is 0. The van der Waals surface area contributed by atoms with Crippen LogP contribution in [0.5, 0.6) is 0 Å². The first kappa shape index (κ1) is 22.9. The molecule has 25 heavy (non-hydrogen) atoms. The standard InChI is InChI=1S/C18H37N5O.HI/c1-2-19-18(20-8-3-4-10-22-11-5-6-12-22)21-9-7-13-23-14-16-24-17-15-23;/h2-17H2,1H3,(H2,19,20,21);1H. The van der Waals surface area contributed by atoms with E-state index in [4.69, 9.17) is 9.73 Å². The molecule has 0 aromatic heterocycles. The Morgan fingerprint density at radius 2 is 1.60 bits per heavy atom. The van der Waals surface area contributed by atoms with E-state index >= 15 is 0 Å². The van der Waals surface area contributed by atoms with Gasteiger partial charge in [0.15, 0.2) is 5.96 Å². The number of nitrogens with zero attached hydrogens (tertiary/aromatic N) is 3. The zero-order valence-electron chi connectivity index (χ0n) is 16.0. The fourth-order valence-corrected chi connectivity index (χ4v) is 3.33. The molecule has 0 radical (unpaired) electrons. The summed E-state index contributed by atoms with van der Waals surface area (Å²) in [5, 5.41) is 6.82. The molecule has 2 N–H and O–H groups in total. The lowest BCUT2D eigenvalue weighted by molar-refractivity contribution is 0.0377. The van der Waals surface area contributed by atoms with Gasteiger partial charge in [0.25, 0.3) is 0 Å². The van der Waals surface area contributed by atoms with E-state index in [1.54, 1.807) is 0 Å². The van der Waals surface area contributed by atoms with E-state index < -0.39 is 0 Å². The molecule has 0 bridgehead atoms. The maximum absolute atomic E-state index is 5.38. The van der Waals surface area contributed by atoms with Gasteiger partial charge in [-0.1, -0.05) is 0 Å². The summed E-state index contributed by atoms with van der Waals surface area (Å²) < 4.78 is 5.38. The van der Waals surface area contributed by atoms with Crippen LogP contribution in [0.15, 0.2) is 4.99 Å². The number of guanidine groups is 1. The molecular formula is C18H38IN5O. The molecule has 6 nitrogen and oxygen atoms in total. The number of morpholine rings is 1. The van der Waals surface area contributed by atoms with Crippen LogP contribution in [-0.2, 0) is 4.74 Å². The third kappa shape index (κ3) is 10.6. The van der Waals surface area contributed by atoms with Crippen LogP contribution in [0.25, 0.3) is 0 Å². The average Bonchev–Trinajstić information content (AvgIpc) is 3.12. The van der Waals surface area contributed by atoms with Gasteiger partial charge in [0.2, 0.25) is 0 Å². The van der Waals surface area contributed by atoms with Crippen molar-refractivity contribution < 1.29 is 4.74 Å². The van der Waals surface area contributed by atoms with Gasteiger partial charge in [0, 0.05) is 39.3 Å². The van der Waals surface area contributed by atoms with Gasteiger partial charge in [0.05, 0.1) is 13.2 Å². The van der Waals surface area contributed by atoms with Gasteiger partial charge in [-0.05, 0) is 58.7 Å². The Labute approximate surface area is 171 Å². The van der Waals surface area contributed by atoms with Crippen LogP contribution < -0.4 is 10.6 Å². The summed E-state index contributed by atoms with van der Waals surface area (Å²) in [6, 6.07) is 0. The molecule has 0 aliphatic carbocycles. The van der Waals surface area contributed by atoms with E-state index in [1.807, 2.05) is 0 Å². The largest absolute Gasteiger partial charge is 0.379 e. The smallest absolute Gasteiger partial charge is 0.191 e. The van der Waals surface area contributed by atoms with Crippen LogP contribution in [0.3, 0.4) is 0 Å². The van der Waals surface area contributed by atoms with Gasteiger partial charge in [-0.25, -0.2) is 0 Å². The predicted molar refractivity (Wildman–Crippen MR) is 116 cm³/mol. The summed E-state index contributed by atoms with van der Waals surface area (Å²) >= 11 is 0. The predicted octanol–water partition coefficient (Wildman–Crippen LogP) is 1.76. The molecule has 0 saturated carbocycles. The normalized spacial score (nSPS) is 19.6. The van der Waals surface area contributed by atoms with E-state index in [1.165, 1.54) is 45.3 Å². The number of rotatable bonds is 10. The van der Waals surface area contributed by atoms with Gasteiger partial charge in [-0.3, -0.25) is 9.89 Å². The van der Waals surface area contributed by atoms with E-state index in [2.05, 4.69) is 27.4 Å². The Kier molecular flexibility index (Phi) is 13.7. The molecule has 0 amide bonds. The van der Waals surface area contributed by atoms with E-state index in [9.17, 15) is 0 Å². The minimum Gasteiger partial charge on any atom is -0.379 e. The van der Waals surface area contributed by atoms with Crippen LogP contribution in [0.4, 0.5) is 0 Å². The summed E-state index contributed by atoms with van der Waals surface area (Å²) in [5.74, 6) is 0.973. The lowest BCUT2D eigenvalue weighted by atomic mass is 10.3. The zero-order chi connectivity index (χ0) is 16.9. The summed E-state index contributed by atoms with van der Waals surface area (Å²) in [7, 11) is 0. The van der Waals surface area contributed by atoms with Gasteiger partial charge in [-0.15, -0.1) is 24.0 Å². The second kappa shape index (κ2) is 15.0. The molecule has 0 spiro atoms. The Morgan fingerprint density at radius 3 is 2.32 bits per heavy atom. The maximum atomic E-state index is 5.38. The number of nitrogens with one attached hydrogen (secondary N) is 2. The van der Waals surface area contributed by atoms with Crippen molar-refractivity contribution in [3.63, 3.8) is 0 Å². The highest BCUT2D eigenvalue weighted by Gasteiger charge is 2.10. The fourth-order valence-electron chi connectivity index (χ4n) is 3.33. The van der Waals surface area contributed by atoms with Crippen LogP contribution in [0.2, 0.25) is 0 Å². The summed E-state index contributed by atoms with van der Waals surface area (Å²) in [5.41, 5.74) is 0. The van der Waals surface area contributed by atoms with Gasteiger partial charge >= 0.3 is 0 Å². The fraction of sp³-hybridized carbons (Fsp3) is 0.944. The third-order valence-electron chi connectivity index (χ3n) is 4.74.